The van der Waals surface area contributed by atoms with Gasteiger partial charge in [-0.25, -0.2) is 0 Å². The summed E-state index contributed by atoms with van der Waals surface area (Å²) in [4.78, 5) is 0. The predicted octanol–water partition coefficient (Wildman–Crippen LogP) is 5.06. The van der Waals surface area contributed by atoms with E-state index in [-0.39, 0.29) is 0 Å². The van der Waals surface area contributed by atoms with E-state index in [1.165, 1.54) is 42.9 Å². The lowest BCUT2D eigenvalue weighted by Gasteiger charge is -2.38. The number of fused-ring (bicyclic) bond motifs is 5. The van der Waals surface area contributed by atoms with Gasteiger partial charge in [0.25, 0.3) is 0 Å². The van der Waals surface area contributed by atoms with Gasteiger partial charge in [0.05, 0.1) is 0 Å². The molecule has 0 nitrogen and oxygen atoms in total. The highest BCUT2D eigenvalue weighted by molar-refractivity contribution is 5.87. The van der Waals surface area contributed by atoms with Crippen molar-refractivity contribution in [3.63, 3.8) is 0 Å². The second kappa shape index (κ2) is 3.60. The number of hydrogen-bond donors (Lipinski definition) is 0. The van der Waals surface area contributed by atoms with Crippen molar-refractivity contribution in [2.75, 3.05) is 0 Å². The topological polar surface area (TPSA) is 0 Å². The summed E-state index contributed by atoms with van der Waals surface area (Å²) in [6.07, 6.45) is 6.93. The highest BCUT2D eigenvalue weighted by Gasteiger charge is 2.42. The maximum Gasteiger partial charge on any atom is -0.0105 e. The Balaban J connectivity index is 1.97. The number of hydrogen-bond acceptors (Lipinski definition) is 0. The van der Waals surface area contributed by atoms with Gasteiger partial charge in [0, 0.05) is 0 Å². The Morgan fingerprint density at radius 3 is 2.89 bits per heavy atom. The molecule has 0 spiro atoms. The van der Waals surface area contributed by atoms with Crippen molar-refractivity contribution in [3.05, 3.63) is 47.5 Å². The normalized spacial score (nSPS) is 30.2. The molecule has 0 N–H and O–H groups in total. The zero-order valence-electron chi connectivity index (χ0n) is 11.1. The van der Waals surface area contributed by atoms with Crippen molar-refractivity contribution < 1.29 is 0 Å². The van der Waals surface area contributed by atoms with E-state index < -0.39 is 0 Å². The second-order valence-corrected chi connectivity index (χ2v) is 6.45. The Labute approximate surface area is 109 Å². The quantitative estimate of drug-likeness (QED) is 0.599. The lowest BCUT2D eigenvalue weighted by atomic mass is 9.66. The zero-order valence-corrected chi connectivity index (χ0v) is 11.1. The average molecular weight is 236 g/mol. The summed E-state index contributed by atoms with van der Waals surface area (Å²) in [7, 11) is 0. The molecule has 2 aliphatic rings. The van der Waals surface area contributed by atoms with Crippen LogP contribution in [-0.4, -0.2) is 0 Å². The van der Waals surface area contributed by atoms with Crippen molar-refractivity contribution in [3.8, 4) is 0 Å². The summed E-state index contributed by atoms with van der Waals surface area (Å²) in [5, 5.41) is 2.92. The smallest absolute Gasteiger partial charge is 0.0105 e. The van der Waals surface area contributed by atoms with Crippen LogP contribution in [0.15, 0.2) is 36.4 Å². The highest BCUT2D eigenvalue weighted by Crippen LogP contribution is 2.56. The van der Waals surface area contributed by atoms with E-state index in [0.29, 0.717) is 5.41 Å². The number of benzene rings is 2. The van der Waals surface area contributed by atoms with Crippen LogP contribution >= 0.6 is 0 Å². The van der Waals surface area contributed by atoms with Gasteiger partial charge >= 0.3 is 0 Å². The van der Waals surface area contributed by atoms with Crippen molar-refractivity contribution in [2.24, 2.45) is 5.41 Å². The maximum atomic E-state index is 2.52. The minimum atomic E-state index is 0.593. The van der Waals surface area contributed by atoms with E-state index in [9.17, 15) is 0 Å². The summed E-state index contributed by atoms with van der Waals surface area (Å²) in [6, 6.07) is 13.6. The minimum absolute atomic E-state index is 0.593. The molecule has 1 fully saturated rings. The number of aryl methyl sites for hydroxylation is 1. The largest absolute Gasteiger partial charge is 0.0616 e. The third kappa shape index (κ3) is 1.32. The van der Waals surface area contributed by atoms with E-state index in [0.717, 1.165) is 5.92 Å². The highest BCUT2D eigenvalue weighted by atomic mass is 14.5. The molecular weight excluding hydrogens is 216 g/mol. The first-order valence-corrected chi connectivity index (χ1v) is 7.28. The number of rotatable bonds is 0. The molecular formula is C18H20. The minimum Gasteiger partial charge on any atom is -0.0616 e. The molecule has 0 saturated heterocycles. The Kier molecular flexibility index (Phi) is 2.12. The van der Waals surface area contributed by atoms with Gasteiger partial charge in [-0.3, -0.25) is 0 Å². The van der Waals surface area contributed by atoms with Gasteiger partial charge in [0.2, 0.25) is 0 Å². The molecule has 0 radical (unpaired) electrons. The molecule has 2 aromatic carbocycles. The molecule has 0 bridgehead atoms. The Bertz CT molecular complexity index is 610. The molecule has 18 heavy (non-hydrogen) atoms. The van der Waals surface area contributed by atoms with Crippen LogP contribution in [0.4, 0.5) is 0 Å². The first kappa shape index (κ1) is 10.6. The van der Waals surface area contributed by atoms with Crippen LogP contribution in [0.25, 0.3) is 10.8 Å². The second-order valence-electron chi connectivity index (χ2n) is 6.45. The molecule has 0 unspecified atom stereocenters. The molecule has 0 amide bonds. The Morgan fingerprint density at radius 1 is 1.06 bits per heavy atom. The van der Waals surface area contributed by atoms with Crippen molar-refractivity contribution >= 4 is 10.8 Å². The van der Waals surface area contributed by atoms with Crippen molar-refractivity contribution in [2.45, 2.75) is 44.9 Å². The van der Waals surface area contributed by atoms with Gasteiger partial charge in [0.1, 0.15) is 0 Å². The monoisotopic (exact) mass is 236 g/mol. The molecule has 4 rings (SSSR count). The average Bonchev–Trinajstić information content (AvgIpc) is 2.80. The summed E-state index contributed by atoms with van der Waals surface area (Å²) >= 11 is 0. The van der Waals surface area contributed by atoms with Gasteiger partial charge in [-0.15, -0.1) is 0 Å². The first-order chi connectivity index (χ1) is 8.78. The van der Waals surface area contributed by atoms with Gasteiger partial charge in [-0.2, -0.15) is 0 Å². The summed E-state index contributed by atoms with van der Waals surface area (Å²) in [6.45, 7) is 2.52. The van der Waals surface area contributed by atoms with E-state index in [2.05, 4.69) is 43.3 Å². The fourth-order valence-electron chi connectivity index (χ4n) is 4.43. The lowest BCUT2D eigenvalue weighted by molar-refractivity contribution is 0.253. The summed E-state index contributed by atoms with van der Waals surface area (Å²) in [5.74, 6) is 0.825. The fourth-order valence-corrected chi connectivity index (χ4v) is 4.43. The molecule has 2 aliphatic carbocycles. The first-order valence-electron chi connectivity index (χ1n) is 7.28. The van der Waals surface area contributed by atoms with Gasteiger partial charge < -0.3 is 0 Å². The van der Waals surface area contributed by atoms with Gasteiger partial charge in [-0.1, -0.05) is 49.7 Å². The van der Waals surface area contributed by atoms with E-state index in [4.69, 9.17) is 0 Å². The van der Waals surface area contributed by atoms with E-state index in [1.54, 1.807) is 11.1 Å². The fraction of sp³-hybridized carbons (Fsp3) is 0.444. The molecule has 0 heterocycles. The standard InChI is InChI=1S/C18H20/c1-18-11-4-7-17(18)16-9-8-13-5-2-3-6-14(13)15(16)10-12-18/h2-3,5-6,8-9,17H,4,7,10-12H2,1H3/t17-,18-/m0/s1. The lowest BCUT2D eigenvalue weighted by Crippen LogP contribution is -2.26. The van der Waals surface area contributed by atoms with Crippen molar-refractivity contribution in [1.29, 1.82) is 0 Å². The van der Waals surface area contributed by atoms with Crippen LogP contribution in [0.2, 0.25) is 0 Å². The van der Waals surface area contributed by atoms with E-state index >= 15 is 0 Å². The summed E-state index contributed by atoms with van der Waals surface area (Å²) < 4.78 is 0. The molecule has 0 aliphatic heterocycles. The third-order valence-electron chi connectivity index (χ3n) is 5.48. The third-order valence-corrected chi connectivity index (χ3v) is 5.48. The van der Waals surface area contributed by atoms with Crippen LogP contribution < -0.4 is 0 Å². The SMILES string of the molecule is C[C@@]12CCC[C@H]1c1ccc3ccccc3c1CC2. The summed E-state index contributed by atoms with van der Waals surface area (Å²) in [5.41, 5.74) is 3.91. The van der Waals surface area contributed by atoms with Crippen LogP contribution in [0.3, 0.4) is 0 Å². The molecule has 2 aromatic rings. The van der Waals surface area contributed by atoms with Gasteiger partial charge in [-0.05, 0) is 58.9 Å². The van der Waals surface area contributed by atoms with Crippen molar-refractivity contribution in [1.82, 2.24) is 0 Å². The Morgan fingerprint density at radius 2 is 1.94 bits per heavy atom. The van der Waals surface area contributed by atoms with Gasteiger partial charge in [0.15, 0.2) is 0 Å². The maximum absolute atomic E-state index is 2.52. The molecule has 1 saturated carbocycles. The Hall–Kier alpha value is -1.30. The van der Waals surface area contributed by atoms with Crippen LogP contribution in [0, 0.1) is 5.41 Å². The predicted molar refractivity (Wildman–Crippen MR) is 77.0 cm³/mol. The van der Waals surface area contributed by atoms with Crippen LogP contribution in [-0.2, 0) is 6.42 Å². The van der Waals surface area contributed by atoms with E-state index in [1.807, 2.05) is 0 Å². The molecule has 2 atom stereocenters. The molecule has 92 valence electrons. The van der Waals surface area contributed by atoms with Crippen LogP contribution in [0.5, 0.6) is 0 Å². The molecule has 0 heteroatoms. The van der Waals surface area contributed by atoms with Crippen LogP contribution in [0.1, 0.15) is 49.7 Å². The zero-order chi connectivity index (χ0) is 12.2. The molecule has 0 aromatic heterocycles.